The number of carbonyl (C=O) groups is 3. The van der Waals surface area contributed by atoms with E-state index >= 15 is 0 Å². The third-order valence-corrected chi connectivity index (χ3v) is 10.1. The summed E-state index contributed by atoms with van der Waals surface area (Å²) < 4.78 is 0. The SMILES string of the molecule is CN(C)[C@@H]1C(=O)C(C(N)=O)=C(O)[C@@]2(O)C(=O)C3=C(O)c4c(O)cc(CN5CCc6ccccc6CC5)c(Cl)c4C[C@H]3C[C@@H]12. The van der Waals surface area contributed by atoms with E-state index in [0.717, 1.165) is 25.9 Å². The molecule has 3 aliphatic carbocycles. The van der Waals surface area contributed by atoms with Gasteiger partial charge in [0.15, 0.2) is 11.4 Å². The highest BCUT2D eigenvalue weighted by Crippen LogP contribution is 2.53. The highest BCUT2D eigenvalue weighted by atomic mass is 35.5. The Bertz CT molecular complexity index is 1620. The van der Waals surface area contributed by atoms with E-state index in [9.17, 15) is 34.8 Å². The van der Waals surface area contributed by atoms with Crippen LogP contribution in [0.1, 0.15) is 34.2 Å². The molecule has 4 aliphatic rings. The summed E-state index contributed by atoms with van der Waals surface area (Å²) in [6.07, 6.45) is 1.94. The van der Waals surface area contributed by atoms with Gasteiger partial charge in [0.2, 0.25) is 5.78 Å². The lowest BCUT2D eigenvalue weighted by molar-refractivity contribution is -0.153. The molecule has 0 saturated heterocycles. The molecule has 0 aromatic heterocycles. The van der Waals surface area contributed by atoms with Crippen LogP contribution in [0.4, 0.5) is 0 Å². The number of aromatic hydroxyl groups is 1. The van der Waals surface area contributed by atoms with Crippen LogP contribution in [0.5, 0.6) is 5.75 Å². The Morgan fingerprint density at radius 3 is 2.33 bits per heavy atom. The van der Waals surface area contributed by atoms with Crippen molar-refractivity contribution < 1.29 is 34.8 Å². The third kappa shape index (κ3) is 4.38. The van der Waals surface area contributed by atoms with Crippen LogP contribution in [0.15, 0.2) is 47.2 Å². The molecule has 0 bridgehead atoms. The molecule has 1 fully saturated rings. The molecule has 6 rings (SSSR count). The number of fused-ring (bicyclic) bond motifs is 4. The summed E-state index contributed by atoms with van der Waals surface area (Å²) in [5.74, 6) is -6.84. The Morgan fingerprint density at radius 2 is 1.74 bits per heavy atom. The van der Waals surface area contributed by atoms with E-state index in [4.69, 9.17) is 17.3 Å². The summed E-state index contributed by atoms with van der Waals surface area (Å²) in [5.41, 5.74) is 5.45. The molecule has 1 saturated carbocycles. The molecular weight excluding hydrogens is 574 g/mol. The normalized spacial score (nSPS) is 27.4. The molecule has 2 aromatic rings. The Morgan fingerprint density at radius 1 is 1.12 bits per heavy atom. The predicted molar refractivity (Wildman–Crippen MR) is 158 cm³/mol. The number of hydrogen-bond acceptors (Lipinski definition) is 9. The van der Waals surface area contributed by atoms with Gasteiger partial charge in [0.25, 0.3) is 5.91 Å². The Balaban J connectivity index is 1.39. The van der Waals surface area contributed by atoms with E-state index in [2.05, 4.69) is 17.0 Å². The number of aliphatic hydroxyl groups excluding tert-OH is 2. The average Bonchev–Trinajstić information content (AvgIpc) is 3.15. The van der Waals surface area contributed by atoms with Crippen molar-refractivity contribution >= 4 is 34.8 Å². The van der Waals surface area contributed by atoms with Crippen molar-refractivity contribution in [2.24, 2.45) is 17.6 Å². The molecule has 0 unspecified atom stereocenters. The maximum absolute atomic E-state index is 14.0. The number of phenolic OH excluding ortho intramolecular Hbond substituents is 1. The average molecular weight is 608 g/mol. The van der Waals surface area contributed by atoms with Gasteiger partial charge in [0.1, 0.15) is 22.8 Å². The van der Waals surface area contributed by atoms with Crippen molar-refractivity contribution in [3.8, 4) is 5.75 Å². The quantitative estimate of drug-likeness (QED) is 0.328. The number of halogens is 1. The fourth-order valence-corrected chi connectivity index (χ4v) is 7.86. The fourth-order valence-electron chi connectivity index (χ4n) is 7.58. The molecule has 226 valence electrons. The second-order valence-electron chi connectivity index (χ2n) is 12.2. The molecule has 10 nitrogen and oxygen atoms in total. The molecule has 1 amide bonds. The van der Waals surface area contributed by atoms with Gasteiger partial charge in [-0.05, 0) is 74.0 Å². The summed E-state index contributed by atoms with van der Waals surface area (Å²) in [6.45, 7) is 2.09. The van der Waals surface area contributed by atoms with Crippen LogP contribution in [-0.2, 0) is 40.2 Å². The largest absolute Gasteiger partial charge is 0.508 e. The maximum atomic E-state index is 14.0. The summed E-state index contributed by atoms with van der Waals surface area (Å²) >= 11 is 6.96. The molecule has 6 N–H and O–H groups in total. The van der Waals surface area contributed by atoms with Gasteiger partial charge in [-0.15, -0.1) is 0 Å². The number of primary amides is 1. The number of aliphatic hydroxyl groups is 3. The number of hydrogen-bond donors (Lipinski definition) is 5. The van der Waals surface area contributed by atoms with Gasteiger partial charge in [-0.25, -0.2) is 0 Å². The second-order valence-corrected chi connectivity index (χ2v) is 12.6. The summed E-state index contributed by atoms with van der Waals surface area (Å²) in [5, 5.41) is 45.6. The number of rotatable bonds is 4. The van der Waals surface area contributed by atoms with Crippen molar-refractivity contribution in [3.63, 3.8) is 0 Å². The first-order valence-corrected chi connectivity index (χ1v) is 14.7. The van der Waals surface area contributed by atoms with Crippen LogP contribution in [0.25, 0.3) is 5.76 Å². The molecule has 0 spiro atoms. The van der Waals surface area contributed by atoms with Crippen LogP contribution in [-0.4, -0.2) is 86.5 Å². The smallest absolute Gasteiger partial charge is 0.255 e. The number of likely N-dealkylation sites (N-methyl/N-ethyl adjacent to an activating group) is 1. The van der Waals surface area contributed by atoms with E-state index < -0.39 is 58.0 Å². The number of carbonyl (C=O) groups excluding carboxylic acids is 3. The van der Waals surface area contributed by atoms with Crippen molar-refractivity contribution in [3.05, 3.63) is 80.1 Å². The number of amides is 1. The number of nitrogens with zero attached hydrogens (tertiary/aromatic N) is 2. The minimum absolute atomic E-state index is 0.00619. The van der Waals surface area contributed by atoms with E-state index in [1.165, 1.54) is 22.1 Å². The number of phenols is 1. The van der Waals surface area contributed by atoms with Crippen LogP contribution < -0.4 is 5.73 Å². The van der Waals surface area contributed by atoms with Gasteiger partial charge in [-0.3, -0.25) is 24.2 Å². The predicted octanol–water partition coefficient (Wildman–Crippen LogP) is 2.22. The Kier molecular flexibility index (Phi) is 7.16. The van der Waals surface area contributed by atoms with Gasteiger partial charge >= 0.3 is 0 Å². The zero-order valence-corrected chi connectivity index (χ0v) is 24.7. The molecule has 0 radical (unpaired) electrons. The summed E-state index contributed by atoms with van der Waals surface area (Å²) in [4.78, 5) is 43.1. The highest BCUT2D eigenvalue weighted by Gasteiger charge is 2.64. The molecule has 4 atom stereocenters. The lowest BCUT2D eigenvalue weighted by Gasteiger charge is -2.50. The highest BCUT2D eigenvalue weighted by molar-refractivity contribution is 6.32. The molecule has 43 heavy (non-hydrogen) atoms. The Labute approximate surface area is 253 Å². The van der Waals surface area contributed by atoms with E-state index in [1.54, 1.807) is 14.1 Å². The van der Waals surface area contributed by atoms with Crippen molar-refractivity contribution in [1.29, 1.82) is 0 Å². The van der Waals surface area contributed by atoms with Crippen molar-refractivity contribution in [2.45, 2.75) is 43.9 Å². The minimum Gasteiger partial charge on any atom is -0.508 e. The summed E-state index contributed by atoms with van der Waals surface area (Å²) in [7, 11) is 3.13. The van der Waals surface area contributed by atoms with Crippen molar-refractivity contribution in [1.82, 2.24) is 9.80 Å². The van der Waals surface area contributed by atoms with Gasteiger partial charge in [-0.1, -0.05) is 35.9 Å². The van der Waals surface area contributed by atoms with Crippen molar-refractivity contribution in [2.75, 3.05) is 27.2 Å². The molecule has 1 heterocycles. The number of ketones is 2. The van der Waals surface area contributed by atoms with Crippen LogP contribution >= 0.6 is 11.6 Å². The monoisotopic (exact) mass is 607 g/mol. The lowest BCUT2D eigenvalue weighted by Crippen LogP contribution is -2.65. The first-order chi connectivity index (χ1) is 20.4. The van der Waals surface area contributed by atoms with Crippen LogP contribution in [0.2, 0.25) is 5.02 Å². The van der Waals surface area contributed by atoms with Gasteiger partial charge < -0.3 is 26.2 Å². The van der Waals surface area contributed by atoms with E-state index in [-0.39, 0.29) is 29.7 Å². The fraction of sp³-hybridized carbons (Fsp3) is 0.406. The minimum atomic E-state index is -2.67. The number of nitrogens with two attached hydrogens (primary N) is 1. The number of benzene rings is 2. The van der Waals surface area contributed by atoms with Crippen LogP contribution in [0.3, 0.4) is 0 Å². The standard InChI is InChI=1S/C32H34ClN3O7/c1-35(2)26-20-12-17-11-19-23(27(38)22(17)29(40)32(20,43)30(41)24(28(26)39)31(34)42)21(37)13-18(25(19)33)14-36-9-7-15-5-3-4-6-16(15)8-10-36/h3-6,13,17,20,26,37-38,41,43H,7-12,14H2,1-2H3,(H2,34,42)/t17-,20-,26-,32-/m0/s1. The maximum Gasteiger partial charge on any atom is 0.255 e. The molecule has 11 heteroatoms. The first-order valence-electron chi connectivity index (χ1n) is 14.3. The molecule has 2 aromatic carbocycles. The zero-order valence-electron chi connectivity index (χ0n) is 23.9. The molecular formula is C32H34ClN3O7. The second kappa shape index (κ2) is 10.5. The zero-order chi connectivity index (χ0) is 31.0. The van der Waals surface area contributed by atoms with Crippen LogP contribution in [0, 0.1) is 11.8 Å². The van der Waals surface area contributed by atoms with Gasteiger partial charge in [-0.2, -0.15) is 0 Å². The van der Waals surface area contributed by atoms with Gasteiger partial charge in [0, 0.05) is 36.1 Å². The summed E-state index contributed by atoms with van der Waals surface area (Å²) in [6, 6.07) is 8.71. The first kappa shape index (κ1) is 29.4. The van der Waals surface area contributed by atoms with E-state index in [0.29, 0.717) is 22.7 Å². The Hall–Kier alpha value is -3.70. The number of Topliss-reactive ketones (excluding diaryl/α,β-unsaturated/α-hetero) is 2. The van der Waals surface area contributed by atoms with Gasteiger partial charge in [0.05, 0.1) is 11.6 Å². The topological polar surface area (TPSA) is 165 Å². The molecule has 1 aliphatic heterocycles. The lowest BCUT2D eigenvalue weighted by atomic mass is 9.57. The van der Waals surface area contributed by atoms with E-state index in [1.807, 2.05) is 12.1 Å². The third-order valence-electron chi connectivity index (χ3n) is 9.64.